The molecule has 3 rings (SSSR count). The molecule has 0 atom stereocenters. The third-order valence-electron chi connectivity index (χ3n) is 3.15. The molecule has 0 saturated heterocycles. The van der Waals surface area contributed by atoms with Gasteiger partial charge in [0, 0.05) is 29.1 Å². The number of nitrogens with two attached hydrogens (primary N) is 1. The number of aryl methyl sites for hydroxylation is 1. The molecule has 2 N–H and O–H groups in total. The smallest absolute Gasteiger partial charge is 0.258 e. The molecule has 0 unspecified atom stereocenters. The fourth-order valence-electron chi connectivity index (χ4n) is 1.89. The molecule has 106 valence electrons. The summed E-state index contributed by atoms with van der Waals surface area (Å²) in [7, 11) is 1.56. The molecule has 2 heterocycles. The first-order valence-electron chi connectivity index (χ1n) is 6.38. The van der Waals surface area contributed by atoms with Crippen molar-refractivity contribution in [3.05, 3.63) is 42.1 Å². The van der Waals surface area contributed by atoms with Gasteiger partial charge in [0.1, 0.15) is 0 Å². The lowest BCUT2D eigenvalue weighted by atomic mass is 10.1. The summed E-state index contributed by atoms with van der Waals surface area (Å²) in [5, 5.41) is 3.99. The number of nitrogen functional groups attached to an aromatic ring is 1. The topological polar surface area (TPSA) is 87.1 Å². The third kappa shape index (κ3) is 2.55. The molecule has 21 heavy (non-hydrogen) atoms. The molecule has 3 aromatic rings. The average Bonchev–Trinajstić information content (AvgIpc) is 3.00. The van der Waals surface area contributed by atoms with Crippen LogP contribution in [-0.4, -0.2) is 22.2 Å². The van der Waals surface area contributed by atoms with Crippen LogP contribution in [0.2, 0.25) is 0 Å². The van der Waals surface area contributed by atoms with Gasteiger partial charge in [-0.1, -0.05) is 17.3 Å². The van der Waals surface area contributed by atoms with E-state index in [1.807, 2.05) is 25.1 Å². The predicted octanol–water partition coefficient (Wildman–Crippen LogP) is 2.70. The van der Waals surface area contributed by atoms with Crippen molar-refractivity contribution in [1.82, 2.24) is 15.1 Å². The molecule has 6 nitrogen and oxygen atoms in total. The van der Waals surface area contributed by atoms with Crippen LogP contribution in [0.25, 0.3) is 22.8 Å². The first-order valence-corrected chi connectivity index (χ1v) is 6.38. The normalized spacial score (nSPS) is 10.6. The van der Waals surface area contributed by atoms with E-state index in [9.17, 15) is 0 Å². The maximum absolute atomic E-state index is 5.90. The Kier molecular flexibility index (Phi) is 3.27. The summed E-state index contributed by atoms with van der Waals surface area (Å²) in [4.78, 5) is 8.42. The van der Waals surface area contributed by atoms with Crippen molar-refractivity contribution in [2.45, 2.75) is 6.92 Å². The second-order valence-electron chi connectivity index (χ2n) is 4.58. The van der Waals surface area contributed by atoms with E-state index in [1.54, 1.807) is 25.4 Å². The van der Waals surface area contributed by atoms with Crippen LogP contribution in [0.5, 0.6) is 5.88 Å². The first-order chi connectivity index (χ1) is 10.2. The van der Waals surface area contributed by atoms with E-state index in [0.717, 1.165) is 16.7 Å². The highest BCUT2D eigenvalue weighted by Gasteiger charge is 2.12. The summed E-state index contributed by atoms with van der Waals surface area (Å²) < 4.78 is 10.4. The lowest BCUT2D eigenvalue weighted by molar-refractivity contribution is 0.397. The van der Waals surface area contributed by atoms with Crippen molar-refractivity contribution in [3.8, 4) is 28.7 Å². The molecule has 0 amide bonds. The second-order valence-corrected chi connectivity index (χ2v) is 4.58. The van der Waals surface area contributed by atoms with Gasteiger partial charge in [-0.15, -0.1) is 0 Å². The van der Waals surface area contributed by atoms with Crippen molar-refractivity contribution >= 4 is 5.69 Å². The van der Waals surface area contributed by atoms with E-state index in [1.165, 1.54) is 0 Å². The number of pyridine rings is 1. The van der Waals surface area contributed by atoms with E-state index in [4.69, 9.17) is 15.0 Å². The van der Waals surface area contributed by atoms with E-state index >= 15 is 0 Å². The van der Waals surface area contributed by atoms with Crippen LogP contribution in [0.3, 0.4) is 0 Å². The van der Waals surface area contributed by atoms with Gasteiger partial charge in [0.2, 0.25) is 11.7 Å². The van der Waals surface area contributed by atoms with Crippen LogP contribution in [-0.2, 0) is 0 Å². The van der Waals surface area contributed by atoms with E-state index in [0.29, 0.717) is 23.3 Å². The zero-order valence-electron chi connectivity index (χ0n) is 11.7. The van der Waals surface area contributed by atoms with Gasteiger partial charge in [-0.05, 0) is 24.6 Å². The van der Waals surface area contributed by atoms with Gasteiger partial charge in [0.25, 0.3) is 5.89 Å². The fraction of sp³-hybridized carbons (Fsp3) is 0.133. The summed E-state index contributed by atoms with van der Waals surface area (Å²) in [6.45, 7) is 1.95. The molecule has 1 aromatic carbocycles. The van der Waals surface area contributed by atoms with Gasteiger partial charge in [0.05, 0.1) is 7.11 Å². The van der Waals surface area contributed by atoms with Gasteiger partial charge in [-0.2, -0.15) is 4.98 Å². The van der Waals surface area contributed by atoms with Crippen molar-refractivity contribution in [2.75, 3.05) is 12.8 Å². The average molecular weight is 282 g/mol. The Balaban J connectivity index is 1.97. The minimum Gasteiger partial charge on any atom is -0.481 e. The molecule has 2 aromatic heterocycles. The largest absolute Gasteiger partial charge is 0.481 e. The zero-order chi connectivity index (χ0) is 14.8. The maximum atomic E-state index is 5.90. The highest BCUT2D eigenvalue weighted by Crippen LogP contribution is 2.25. The molecule has 0 fully saturated rings. The maximum Gasteiger partial charge on any atom is 0.258 e. The summed E-state index contributed by atoms with van der Waals surface area (Å²) in [6, 6.07) is 9.19. The summed E-state index contributed by atoms with van der Waals surface area (Å²) in [5.41, 5.74) is 9.18. The Labute approximate surface area is 121 Å². The first kappa shape index (κ1) is 13.1. The number of hydrogen-bond donors (Lipinski definition) is 1. The van der Waals surface area contributed by atoms with Crippen LogP contribution >= 0.6 is 0 Å². The second kappa shape index (κ2) is 5.24. The van der Waals surface area contributed by atoms with Gasteiger partial charge in [0.15, 0.2) is 0 Å². The zero-order valence-corrected chi connectivity index (χ0v) is 11.7. The quantitative estimate of drug-likeness (QED) is 0.743. The van der Waals surface area contributed by atoms with Crippen LogP contribution < -0.4 is 10.5 Å². The lowest BCUT2D eigenvalue weighted by Gasteiger charge is -2.00. The Hall–Kier alpha value is -2.89. The SMILES string of the molecule is COc1cc(-c2nc(-c3ccc(C)c(N)c3)no2)ccn1. The monoisotopic (exact) mass is 282 g/mol. The fourth-order valence-corrected chi connectivity index (χ4v) is 1.89. The summed E-state index contributed by atoms with van der Waals surface area (Å²) >= 11 is 0. The molecule has 0 saturated carbocycles. The van der Waals surface area contributed by atoms with Gasteiger partial charge < -0.3 is 15.0 Å². The van der Waals surface area contributed by atoms with Crippen LogP contribution in [0.1, 0.15) is 5.56 Å². The highest BCUT2D eigenvalue weighted by molar-refractivity contribution is 5.65. The number of nitrogens with zero attached hydrogens (tertiary/aromatic N) is 3. The number of benzene rings is 1. The standard InChI is InChI=1S/C15H14N4O2/c1-9-3-4-10(7-12(9)16)14-18-15(21-19-14)11-5-6-17-13(8-11)20-2/h3-8H,16H2,1-2H3. The van der Waals surface area contributed by atoms with E-state index in [-0.39, 0.29) is 0 Å². The molecule has 0 bridgehead atoms. The molecule has 0 radical (unpaired) electrons. The summed E-state index contributed by atoms with van der Waals surface area (Å²) in [6.07, 6.45) is 1.63. The van der Waals surface area contributed by atoms with Crippen molar-refractivity contribution in [3.63, 3.8) is 0 Å². The van der Waals surface area contributed by atoms with E-state index < -0.39 is 0 Å². The van der Waals surface area contributed by atoms with E-state index in [2.05, 4.69) is 15.1 Å². The molecular weight excluding hydrogens is 268 g/mol. The van der Waals surface area contributed by atoms with Crippen LogP contribution in [0.4, 0.5) is 5.69 Å². The van der Waals surface area contributed by atoms with Gasteiger partial charge in [-0.3, -0.25) is 0 Å². The predicted molar refractivity (Wildman–Crippen MR) is 78.7 cm³/mol. The number of rotatable bonds is 3. The molecule has 6 heteroatoms. The van der Waals surface area contributed by atoms with Gasteiger partial charge >= 0.3 is 0 Å². The number of anilines is 1. The molecular formula is C15H14N4O2. The van der Waals surface area contributed by atoms with Gasteiger partial charge in [-0.25, -0.2) is 4.98 Å². The highest BCUT2D eigenvalue weighted by atomic mass is 16.5. The Bertz CT molecular complexity index is 783. The Morgan fingerprint density at radius 1 is 1.14 bits per heavy atom. The minimum absolute atomic E-state index is 0.407. The van der Waals surface area contributed by atoms with Crippen molar-refractivity contribution < 1.29 is 9.26 Å². The molecule has 0 aliphatic rings. The Morgan fingerprint density at radius 2 is 2.00 bits per heavy atom. The summed E-state index contributed by atoms with van der Waals surface area (Å²) in [5.74, 6) is 1.39. The number of hydrogen-bond acceptors (Lipinski definition) is 6. The molecule has 0 aliphatic heterocycles. The van der Waals surface area contributed by atoms with Crippen LogP contribution in [0.15, 0.2) is 41.1 Å². The number of ether oxygens (including phenoxy) is 1. The van der Waals surface area contributed by atoms with Crippen molar-refractivity contribution in [1.29, 1.82) is 0 Å². The third-order valence-corrected chi connectivity index (χ3v) is 3.15. The Morgan fingerprint density at radius 3 is 2.76 bits per heavy atom. The number of methoxy groups -OCH3 is 1. The van der Waals surface area contributed by atoms with Crippen molar-refractivity contribution in [2.24, 2.45) is 0 Å². The number of aromatic nitrogens is 3. The minimum atomic E-state index is 0.407. The molecule has 0 spiro atoms. The lowest BCUT2D eigenvalue weighted by Crippen LogP contribution is -1.91. The van der Waals surface area contributed by atoms with Crippen LogP contribution in [0, 0.1) is 6.92 Å². The molecule has 0 aliphatic carbocycles.